The van der Waals surface area contributed by atoms with Gasteiger partial charge in [0.15, 0.2) is 17.9 Å². The molecule has 0 aromatic carbocycles. The normalized spacial score (nSPS) is 50.9. The second-order valence-corrected chi connectivity index (χ2v) is 20.5. The zero-order valence-electron chi connectivity index (χ0n) is 31.1. The molecule has 7 rings (SSSR count). The highest BCUT2D eigenvalue weighted by Crippen LogP contribution is 2.68. The molecule has 0 amide bonds. The van der Waals surface area contributed by atoms with Crippen molar-refractivity contribution in [3.05, 3.63) is 0 Å². The number of hydrogen-bond donors (Lipinski definition) is 0. The van der Waals surface area contributed by atoms with Gasteiger partial charge in [0.1, 0.15) is 24.4 Å². The minimum atomic E-state index is -0.656. The van der Waals surface area contributed by atoms with Crippen LogP contribution in [-0.2, 0) is 28.4 Å². The van der Waals surface area contributed by atoms with Crippen molar-refractivity contribution in [2.45, 2.75) is 192 Å². The van der Waals surface area contributed by atoms with E-state index in [-0.39, 0.29) is 40.7 Å². The molecule has 15 atom stereocenters. The van der Waals surface area contributed by atoms with E-state index in [1.807, 2.05) is 27.7 Å². The van der Waals surface area contributed by atoms with Crippen molar-refractivity contribution in [2.75, 3.05) is 6.61 Å². The van der Waals surface area contributed by atoms with Gasteiger partial charge in [0.2, 0.25) is 0 Å². The van der Waals surface area contributed by atoms with Crippen molar-refractivity contribution in [3.63, 3.8) is 0 Å². The van der Waals surface area contributed by atoms with Crippen LogP contribution in [-0.4, -0.2) is 58.9 Å². The summed E-state index contributed by atoms with van der Waals surface area (Å²) in [4.78, 5) is 0. The number of hydrogen-bond acceptors (Lipinski definition) is 6. The van der Waals surface area contributed by atoms with Crippen LogP contribution in [0.4, 0.5) is 0 Å². The molecule has 4 aliphatic carbocycles. The molecule has 0 bridgehead atoms. The van der Waals surface area contributed by atoms with Crippen LogP contribution >= 0.6 is 22.6 Å². The fourth-order valence-corrected chi connectivity index (χ4v) is 13.5. The van der Waals surface area contributed by atoms with Crippen molar-refractivity contribution in [1.29, 1.82) is 0 Å². The Bertz CT molecular complexity index is 1110. The average molecular weight is 771 g/mol. The molecule has 0 aromatic heterocycles. The smallest absolute Gasteiger partial charge is 0.172 e. The van der Waals surface area contributed by atoms with Crippen LogP contribution in [0.25, 0.3) is 0 Å². The van der Waals surface area contributed by atoms with Gasteiger partial charge in [-0.3, -0.25) is 0 Å². The molecule has 7 aliphatic rings. The first-order valence-electron chi connectivity index (χ1n) is 19.7. The van der Waals surface area contributed by atoms with Gasteiger partial charge in [0.05, 0.1) is 16.6 Å². The topological polar surface area (TPSA) is 55.4 Å². The molecule has 6 nitrogen and oxygen atoms in total. The molecule has 270 valence electrons. The number of alkyl halides is 1. The monoisotopic (exact) mass is 770 g/mol. The molecule has 3 aliphatic heterocycles. The van der Waals surface area contributed by atoms with Crippen molar-refractivity contribution in [1.82, 2.24) is 0 Å². The predicted molar refractivity (Wildman–Crippen MR) is 193 cm³/mol. The molecule has 47 heavy (non-hydrogen) atoms. The molecular weight excluding hydrogens is 703 g/mol. The van der Waals surface area contributed by atoms with Gasteiger partial charge in [-0.1, -0.05) is 76.5 Å². The van der Waals surface area contributed by atoms with E-state index >= 15 is 0 Å². The maximum Gasteiger partial charge on any atom is 0.172 e. The summed E-state index contributed by atoms with van der Waals surface area (Å²) in [5.74, 6) is 4.87. The van der Waals surface area contributed by atoms with Gasteiger partial charge in [-0.15, -0.1) is 0 Å². The highest BCUT2D eigenvalue weighted by Gasteiger charge is 2.62. The summed E-state index contributed by atoms with van der Waals surface area (Å²) in [5.41, 5.74) is 1.01. The van der Waals surface area contributed by atoms with Crippen LogP contribution in [0.15, 0.2) is 0 Å². The lowest BCUT2D eigenvalue weighted by Crippen LogP contribution is -2.60. The molecule has 4 saturated carbocycles. The highest BCUT2D eigenvalue weighted by atomic mass is 127. The van der Waals surface area contributed by atoms with E-state index in [0.717, 1.165) is 54.3 Å². The van der Waals surface area contributed by atoms with Gasteiger partial charge in [-0.05, 0) is 138 Å². The number of rotatable bonds is 8. The summed E-state index contributed by atoms with van der Waals surface area (Å²) in [6, 6.07) is 0. The summed E-state index contributed by atoms with van der Waals surface area (Å²) < 4.78 is 39.1. The largest absolute Gasteiger partial charge is 0.348 e. The van der Waals surface area contributed by atoms with Crippen molar-refractivity contribution in [2.24, 2.45) is 52.3 Å². The molecule has 0 N–H and O–H groups in total. The number of ether oxygens (including phenoxy) is 6. The minimum Gasteiger partial charge on any atom is -0.348 e. The van der Waals surface area contributed by atoms with Gasteiger partial charge >= 0.3 is 0 Å². The van der Waals surface area contributed by atoms with E-state index in [9.17, 15) is 0 Å². The van der Waals surface area contributed by atoms with E-state index in [1.165, 1.54) is 64.2 Å². The van der Waals surface area contributed by atoms with E-state index < -0.39 is 11.6 Å². The van der Waals surface area contributed by atoms with E-state index in [0.29, 0.717) is 17.4 Å². The van der Waals surface area contributed by atoms with Crippen molar-refractivity contribution < 1.29 is 28.4 Å². The van der Waals surface area contributed by atoms with E-state index in [4.69, 9.17) is 28.4 Å². The van der Waals surface area contributed by atoms with Crippen LogP contribution in [0.2, 0.25) is 0 Å². The maximum absolute atomic E-state index is 7.00. The molecule has 0 unspecified atom stereocenters. The Morgan fingerprint density at radius 2 is 1.47 bits per heavy atom. The summed E-state index contributed by atoms with van der Waals surface area (Å²) >= 11 is 2.50. The average Bonchev–Trinajstić information content (AvgIpc) is 3.65. The van der Waals surface area contributed by atoms with E-state index in [1.54, 1.807) is 0 Å². The number of halogens is 1. The van der Waals surface area contributed by atoms with Gasteiger partial charge in [0, 0.05) is 0 Å². The molecule has 3 saturated heterocycles. The Morgan fingerprint density at radius 3 is 2.19 bits per heavy atom. The summed E-state index contributed by atoms with van der Waals surface area (Å²) in [6.45, 7) is 21.2. The zero-order chi connectivity index (χ0) is 33.5. The Balaban J connectivity index is 0.997. The lowest BCUT2D eigenvalue weighted by molar-refractivity contribution is -0.272. The minimum absolute atomic E-state index is 0.0501. The standard InChI is InChI=1S/C40H67IO6/c1-23(2)11-10-12-24(3)28-15-16-29-27-14-13-25-21-26(17-19-39(25,8)30(27)18-20-40(28,29)9)43-36-32(41)34-35(47-38(6,7)46-34)33(44-36)31-22-42-37(4,5)45-31/h23-36H,10-22H2,1-9H3/t24-,25+,26+,27+,28-,29+,30+,31+,32+,33-,34-,35+,36+,39+,40-/m1/s1. The summed E-state index contributed by atoms with van der Waals surface area (Å²) in [7, 11) is 0. The quantitative estimate of drug-likeness (QED) is 0.139. The molecule has 0 spiro atoms. The maximum atomic E-state index is 7.00. The first-order chi connectivity index (χ1) is 22.1. The molecule has 0 radical (unpaired) electrons. The van der Waals surface area contributed by atoms with Crippen molar-refractivity contribution in [3.8, 4) is 0 Å². The van der Waals surface area contributed by atoms with E-state index in [2.05, 4.69) is 57.2 Å². The van der Waals surface area contributed by atoms with Gasteiger partial charge in [0.25, 0.3) is 0 Å². The lowest BCUT2D eigenvalue weighted by Gasteiger charge is -2.61. The Kier molecular flexibility index (Phi) is 10.0. The predicted octanol–water partition coefficient (Wildman–Crippen LogP) is 9.69. The third kappa shape index (κ3) is 6.67. The van der Waals surface area contributed by atoms with Crippen LogP contribution in [0, 0.1) is 52.3 Å². The Labute approximate surface area is 300 Å². The van der Waals surface area contributed by atoms with Gasteiger partial charge in [-0.2, -0.15) is 0 Å². The molecule has 0 aromatic rings. The van der Waals surface area contributed by atoms with Gasteiger partial charge in [-0.25, -0.2) is 0 Å². The SMILES string of the molecule is CC(C)CCC[C@@H](C)[C@H]1CC[C@H]2[C@@H]3CC[C@H]4C[C@@H](O[C@H]5O[C@H]([C@@H]6COC(C)(C)O6)[C@@H]6OC(C)(C)O[C@@H]6[C@@H]5I)CC[C@]4(C)[C@H]3CC[C@]12C. The number of fused-ring (bicyclic) bond motifs is 6. The fraction of sp³-hybridized carbons (Fsp3) is 1.00. The molecular formula is C40H67IO6. The van der Waals surface area contributed by atoms with Crippen LogP contribution < -0.4 is 0 Å². The second-order valence-electron chi connectivity index (χ2n) is 19.1. The first kappa shape index (κ1) is 35.9. The second kappa shape index (κ2) is 13.2. The fourth-order valence-electron chi connectivity index (χ4n) is 12.6. The Morgan fingerprint density at radius 1 is 0.745 bits per heavy atom. The van der Waals surface area contributed by atoms with Gasteiger partial charge < -0.3 is 28.4 Å². The van der Waals surface area contributed by atoms with Crippen LogP contribution in [0.5, 0.6) is 0 Å². The molecule has 3 heterocycles. The van der Waals surface area contributed by atoms with Crippen LogP contribution in [0.3, 0.4) is 0 Å². The van der Waals surface area contributed by atoms with Crippen molar-refractivity contribution >= 4 is 22.6 Å². The third-order valence-corrected chi connectivity index (χ3v) is 16.2. The first-order valence-corrected chi connectivity index (χ1v) is 21.0. The molecule has 7 fully saturated rings. The molecule has 7 heteroatoms. The summed E-state index contributed by atoms with van der Waals surface area (Å²) in [5, 5.41) is 0. The summed E-state index contributed by atoms with van der Waals surface area (Å²) in [6.07, 6.45) is 15.6. The lowest BCUT2D eigenvalue weighted by atomic mass is 9.44. The highest BCUT2D eigenvalue weighted by molar-refractivity contribution is 14.1. The Hall–Kier alpha value is 0.490. The zero-order valence-corrected chi connectivity index (χ0v) is 33.3. The van der Waals surface area contributed by atoms with Crippen LogP contribution in [0.1, 0.15) is 139 Å². The third-order valence-electron chi connectivity index (χ3n) is 14.9.